The zero-order chi connectivity index (χ0) is 12.8. The monoisotopic (exact) mass is 323 g/mol. The lowest BCUT2D eigenvalue weighted by Gasteiger charge is -2.10. The maximum atomic E-state index is 13.0. The smallest absolute Gasteiger partial charge is 0.252 e. The van der Waals surface area contributed by atoms with Crippen molar-refractivity contribution in [2.45, 2.75) is 5.38 Å². The summed E-state index contributed by atoms with van der Waals surface area (Å²) in [5.74, 6) is -0.837. The zero-order valence-corrected chi connectivity index (χ0v) is 11.5. The molecule has 0 aliphatic rings. The van der Waals surface area contributed by atoms with Crippen LogP contribution in [0.1, 0.15) is 10.4 Å². The highest BCUT2D eigenvalue weighted by Crippen LogP contribution is 2.17. The Labute approximate surface area is 112 Å². The first-order chi connectivity index (χ1) is 8.04. The third-order valence-electron chi connectivity index (χ3n) is 2.00. The molecule has 17 heavy (non-hydrogen) atoms. The van der Waals surface area contributed by atoms with Crippen LogP contribution < -0.4 is 5.32 Å². The zero-order valence-electron chi connectivity index (χ0n) is 9.17. The van der Waals surface area contributed by atoms with Gasteiger partial charge in [0.05, 0.1) is 17.5 Å². The largest absolute Gasteiger partial charge is 0.383 e. The summed E-state index contributed by atoms with van der Waals surface area (Å²) in [6.45, 7) is 0.601. The van der Waals surface area contributed by atoms with E-state index in [1.54, 1.807) is 0 Å². The lowest BCUT2D eigenvalue weighted by Crippen LogP contribution is -2.31. The molecule has 1 aromatic rings. The minimum Gasteiger partial charge on any atom is -0.383 e. The summed E-state index contributed by atoms with van der Waals surface area (Å²) >= 11 is 9.04. The average molecular weight is 325 g/mol. The van der Waals surface area contributed by atoms with Crippen molar-refractivity contribution in [1.82, 2.24) is 5.32 Å². The molecular formula is C11H12BrClFNO2. The first kappa shape index (κ1) is 14.4. The molecule has 1 atom stereocenters. The van der Waals surface area contributed by atoms with Gasteiger partial charge in [0.2, 0.25) is 0 Å². The van der Waals surface area contributed by atoms with Crippen LogP contribution in [0.4, 0.5) is 4.39 Å². The van der Waals surface area contributed by atoms with E-state index in [2.05, 4.69) is 21.2 Å². The molecule has 0 heterocycles. The first-order valence-electron chi connectivity index (χ1n) is 4.91. The number of rotatable bonds is 5. The summed E-state index contributed by atoms with van der Waals surface area (Å²) in [5, 5.41) is 2.30. The Morgan fingerprint density at radius 3 is 3.00 bits per heavy atom. The van der Waals surface area contributed by atoms with E-state index in [-0.39, 0.29) is 23.4 Å². The number of alkyl halides is 1. The van der Waals surface area contributed by atoms with Gasteiger partial charge >= 0.3 is 0 Å². The fourth-order valence-corrected chi connectivity index (χ4v) is 1.84. The van der Waals surface area contributed by atoms with Gasteiger partial charge in [0.1, 0.15) is 5.82 Å². The van der Waals surface area contributed by atoms with Gasteiger partial charge in [-0.1, -0.05) is 0 Å². The number of benzene rings is 1. The number of hydrogen-bond donors (Lipinski definition) is 1. The number of hydrogen-bond acceptors (Lipinski definition) is 2. The van der Waals surface area contributed by atoms with Gasteiger partial charge in [-0.15, -0.1) is 11.6 Å². The standard InChI is InChI=1S/C11H12BrClFNO2/c1-17-6-7(13)5-15-11(16)9-4-8(14)2-3-10(9)12/h2-4,7H,5-6H2,1H3,(H,15,16). The molecule has 1 aromatic carbocycles. The second-order valence-corrected chi connectivity index (χ2v) is 4.86. The van der Waals surface area contributed by atoms with E-state index in [0.29, 0.717) is 11.1 Å². The highest BCUT2D eigenvalue weighted by Gasteiger charge is 2.12. The summed E-state index contributed by atoms with van der Waals surface area (Å²) < 4.78 is 18.3. The normalized spacial score (nSPS) is 12.2. The van der Waals surface area contributed by atoms with Crippen LogP contribution in [0.15, 0.2) is 22.7 Å². The minimum atomic E-state index is -0.460. The highest BCUT2D eigenvalue weighted by molar-refractivity contribution is 9.10. The SMILES string of the molecule is COCC(Cl)CNC(=O)c1cc(F)ccc1Br. The van der Waals surface area contributed by atoms with Crippen LogP contribution in [0.3, 0.4) is 0 Å². The van der Waals surface area contributed by atoms with Crippen LogP contribution in [0.5, 0.6) is 0 Å². The Morgan fingerprint density at radius 1 is 1.65 bits per heavy atom. The number of carbonyl (C=O) groups is 1. The maximum absolute atomic E-state index is 13.0. The predicted octanol–water partition coefficient (Wildman–Crippen LogP) is 2.57. The van der Waals surface area contributed by atoms with Crippen molar-refractivity contribution < 1.29 is 13.9 Å². The summed E-state index contributed by atoms with van der Waals surface area (Å²) in [6.07, 6.45) is 0. The lowest BCUT2D eigenvalue weighted by molar-refractivity contribution is 0.0948. The Hall–Kier alpha value is -0.650. The molecular weight excluding hydrogens is 312 g/mol. The van der Waals surface area contributed by atoms with Gasteiger partial charge in [-0.3, -0.25) is 4.79 Å². The van der Waals surface area contributed by atoms with E-state index in [4.69, 9.17) is 16.3 Å². The fourth-order valence-electron chi connectivity index (χ4n) is 1.21. The van der Waals surface area contributed by atoms with Crippen LogP contribution in [-0.4, -0.2) is 31.5 Å². The fraction of sp³-hybridized carbons (Fsp3) is 0.364. The molecule has 1 rings (SSSR count). The van der Waals surface area contributed by atoms with E-state index in [9.17, 15) is 9.18 Å². The van der Waals surface area contributed by atoms with Crippen molar-refractivity contribution in [3.05, 3.63) is 34.1 Å². The Balaban J connectivity index is 2.61. The number of carbonyl (C=O) groups excluding carboxylic acids is 1. The molecule has 0 aromatic heterocycles. The van der Waals surface area contributed by atoms with Crippen molar-refractivity contribution >= 4 is 33.4 Å². The van der Waals surface area contributed by atoms with Gasteiger partial charge in [-0.25, -0.2) is 4.39 Å². The molecule has 1 N–H and O–H groups in total. The molecule has 1 unspecified atom stereocenters. The van der Waals surface area contributed by atoms with Crippen LogP contribution in [0.25, 0.3) is 0 Å². The summed E-state index contributed by atoms with van der Waals surface area (Å²) in [5.41, 5.74) is 0.242. The van der Waals surface area contributed by atoms with Gasteiger partial charge in [-0.05, 0) is 34.1 Å². The van der Waals surface area contributed by atoms with Crippen molar-refractivity contribution in [3.8, 4) is 0 Å². The second kappa shape index (κ2) is 6.93. The predicted molar refractivity (Wildman–Crippen MR) is 68.0 cm³/mol. The molecule has 0 aliphatic heterocycles. The minimum absolute atomic E-state index is 0.242. The van der Waals surface area contributed by atoms with Gasteiger partial charge in [0.15, 0.2) is 0 Å². The molecule has 0 saturated carbocycles. The Kier molecular flexibility index (Phi) is 5.88. The van der Waals surface area contributed by atoms with E-state index in [0.717, 1.165) is 0 Å². The van der Waals surface area contributed by atoms with Crippen LogP contribution in [-0.2, 0) is 4.74 Å². The number of ether oxygens (including phenoxy) is 1. The molecule has 6 heteroatoms. The number of nitrogens with one attached hydrogen (secondary N) is 1. The molecule has 0 aliphatic carbocycles. The molecule has 3 nitrogen and oxygen atoms in total. The van der Waals surface area contributed by atoms with Crippen LogP contribution in [0.2, 0.25) is 0 Å². The molecule has 0 spiro atoms. The average Bonchev–Trinajstić information content (AvgIpc) is 2.29. The summed E-state index contributed by atoms with van der Waals surface area (Å²) in [7, 11) is 1.53. The topological polar surface area (TPSA) is 38.3 Å². The van der Waals surface area contributed by atoms with Crippen molar-refractivity contribution in [2.24, 2.45) is 0 Å². The summed E-state index contributed by atoms with van der Waals surface area (Å²) in [4.78, 5) is 11.7. The third-order valence-corrected chi connectivity index (χ3v) is 2.98. The molecule has 0 bridgehead atoms. The van der Waals surface area contributed by atoms with Crippen molar-refractivity contribution in [2.75, 3.05) is 20.3 Å². The molecule has 1 amide bonds. The second-order valence-electron chi connectivity index (χ2n) is 3.39. The van der Waals surface area contributed by atoms with E-state index >= 15 is 0 Å². The Morgan fingerprint density at radius 2 is 2.35 bits per heavy atom. The molecule has 94 valence electrons. The molecule has 0 fully saturated rings. The molecule has 0 saturated heterocycles. The number of amides is 1. The van der Waals surface area contributed by atoms with Gasteiger partial charge in [-0.2, -0.15) is 0 Å². The third kappa shape index (κ3) is 4.61. The molecule has 0 radical (unpaired) electrons. The highest BCUT2D eigenvalue weighted by atomic mass is 79.9. The number of methoxy groups -OCH3 is 1. The van der Waals surface area contributed by atoms with Gasteiger partial charge < -0.3 is 10.1 Å². The maximum Gasteiger partial charge on any atom is 0.252 e. The number of halogens is 3. The van der Waals surface area contributed by atoms with Crippen molar-refractivity contribution in [1.29, 1.82) is 0 Å². The van der Waals surface area contributed by atoms with Crippen LogP contribution >= 0.6 is 27.5 Å². The van der Waals surface area contributed by atoms with Gasteiger partial charge in [0.25, 0.3) is 5.91 Å². The van der Waals surface area contributed by atoms with E-state index in [1.807, 2.05) is 0 Å². The quantitative estimate of drug-likeness (QED) is 0.846. The Bertz CT molecular complexity index is 403. The summed E-state index contributed by atoms with van der Waals surface area (Å²) in [6, 6.07) is 3.92. The first-order valence-corrected chi connectivity index (χ1v) is 6.13. The van der Waals surface area contributed by atoms with Crippen LogP contribution in [0, 0.1) is 5.82 Å². The van der Waals surface area contributed by atoms with Crippen molar-refractivity contribution in [3.63, 3.8) is 0 Å². The van der Waals surface area contributed by atoms with E-state index in [1.165, 1.54) is 25.3 Å². The lowest BCUT2D eigenvalue weighted by atomic mass is 10.2. The van der Waals surface area contributed by atoms with Gasteiger partial charge in [0, 0.05) is 18.1 Å². The van der Waals surface area contributed by atoms with E-state index < -0.39 is 5.82 Å².